The highest BCUT2D eigenvalue weighted by Gasteiger charge is 2.33. The molecule has 4 aromatic rings. The van der Waals surface area contributed by atoms with Gasteiger partial charge >= 0.3 is 0 Å². The molecular formula is C27H18ClN3O3S. The summed E-state index contributed by atoms with van der Waals surface area (Å²) in [6.07, 6.45) is 3.32. The van der Waals surface area contributed by atoms with Crippen LogP contribution in [0.5, 0.6) is 0 Å². The summed E-state index contributed by atoms with van der Waals surface area (Å²) in [5.74, 6) is 0. The Bertz CT molecular complexity index is 1730. The van der Waals surface area contributed by atoms with Crippen LogP contribution in [0, 0.1) is 10.1 Å². The maximum Gasteiger partial charge on any atom is 0.271 e. The Morgan fingerprint density at radius 2 is 1.86 bits per heavy atom. The molecule has 0 saturated carbocycles. The van der Waals surface area contributed by atoms with E-state index in [2.05, 4.69) is 12.1 Å². The first-order chi connectivity index (χ1) is 17.0. The highest BCUT2D eigenvalue weighted by molar-refractivity contribution is 7.07. The Balaban J connectivity index is 1.65. The third-order valence-electron chi connectivity index (χ3n) is 6.46. The van der Waals surface area contributed by atoms with Gasteiger partial charge in [-0.2, -0.15) is 0 Å². The molecule has 0 radical (unpaired) electrons. The molecule has 35 heavy (non-hydrogen) atoms. The SMILES string of the molecule is O=c1c(=Cc2ccccc2Cl)sc2n1C(c1cccc([N+](=O)[O-])c1)C1=C(N=2)c2ccccc2CC1. The summed E-state index contributed by atoms with van der Waals surface area (Å²) >= 11 is 7.66. The molecule has 6 rings (SSSR count). The Morgan fingerprint density at radius 1 is 1.06 bits per heavy atom. The first-order valence-corrected chi connectivity index (χ1v) is 12.3. The lowest BCUT2D eigenvalue weighted by molar-refractivity contribution is -0.384. The largest absolute Gasteiger partial charge is 0.272 e. The minimum absolute atomic E-state index is 0.00365. The Morgan fingerprint density at radius 3 is 2.69 bits per heavy atom. The second-order valence-corrected chi connectivity index (χ2v) is 9.90. The number of nitro benzene ring substituents is 1. The van der Waals surface area contributed by atoms with Crippen LogP contribution in [0.1, 0.15) is 34.7 Å². The Labute approximate surface area is 208 Å². The number of non-ortho nitro benzene ring substituents is 1. The average molecular weight is 500 g/mol. The third kappa shape index (κ3) is 3.64. The Hall–Kier alpha value is -3.81. The quantitative estimate of drug-likeness (QED) is 0.298. The highest BCUT2D eigenvalue weighted by atomic mass is 35.5. The number of nitrogens with zero attached hydrogens (tertiary/aromatic N) is 3. The number of nitro groups is 1. The van der Waals surface area contributed by atoms with Gasteiger partial charge in [0.25, 0.3) is 11.2 Å². The van der Waals surface area contributed by atoms with Crippen molar-refractivity contribution in [2.24, 2.45) is 4.99 Å². The predicted molar refractivity (Wildman–Crippen MR) is 137 cm³/mol. The fraction of sp³-hybridized carbons (Fsp3) is 0.111. The molecule has 2 aliphatic rings. The molecule has 172 valence electrons. The van der Waals surface area contributed by atoms with Crippen molar-refractivity contribution in [3.05, 3.63) is 135 Å². The minimum Gasteiger partial charge on any atom is -0.272 e. The number of hydrogen-bond acceptors (Lipinski definition) is 5. The monoisotopic (exact) mass is 499 g/mol. The molecular weight excluding hydrogens is 482 g/mol. The minimum atomic E-state index is -0.470. The number of aromatic nitrogens is 1. The number of aryl methyl sites for hydroxylation is 1. The van der Waals surface area contributed by atoms with E-state index in [4.69, 9.17) is 16.6 Å². The summed E-state index contributed by atoms with van der Waals surface area (Å²) in [6, 6.07) is 21.6. The zero-order valence-electron chi connectivity index (χ0n) is 18.3. The number of hydrogen-bond donors (Lipinski definition) is 0. The van der Waals surface area contributed by atoms with Crippen molar-refractivity contribution in [3.8, 4) is 0 Å². The topological polar surface area (TPSA) is 77.5 Å². The summed E-state index contributed by atoms with van der Waals surface area (Å²) in [4.78, 5) is 30.4. The lowest BCUT2D eigenvalue weighted by atomic mass is 9.83. The van der Waals surface area contributed by atoms with Crippen LogP contribution in [0.15, 0.2) is 88.2 Å². The van der Waals surface area contributed by atoms with Gasteiger partial charge in [0, 0.05) is 22.7 Å². The first-order valence-electron chi connectivity index (χ1n) is 11.1. The maximum atomic E-state index is 13.7. The van der Waals surface area contributed by atoms with Crippen molar-refractivity contribution in [1.29, 1.82) is 0 Å². The lowest BCUT2D eigenvalue weighted by Crippen LogP contribution is -2.38. The summed E-state index contributed by atoms with van der Waals surface area (Å²) < 4.78 is 2.19. The molecule has 2 heterocycles. The number of rotatable bonds is 3. The zero-order chi connectivity index (χ0) is 24.1. The van der Waals surface area contributed by atoms with E-state index in [9.17, 15) is 14.9 Å². The normalized spacial score (nSPS) is 16.8. The molecule has 0 amide bonds. The number of allylic oxidation sites excluding steroid dienone is 1. The molecule has 0 bridgehead atoms. The van der Waals surface area contributed by atoms with Crippen LogP contribution >= 0.6 is 22.9 Å². The van der Waals surface area contributed by atoms with Crippen LogP contribution in [0.2, 0.25) is 5.02 Å². The van der Waals surface area contributed by atoms with Crippen molar-refractivity contribution in [2.75, 3.05) is 0 Å². The van der Waals surface area contributed by atoms with Crippen molar-refractivity contribution < 1.29 is 4.92 Å². The van der Waals surface area contributed by atoms with Crippen LogP contribution < -0.4 is 14.9 Å². The van der Waals surface area contributed by atoms with E-state index in [1.165, 1.54) is 23.0 Å². The van der Waals surface area contributed by atoms with E-state index in [0.717, 1.165) is 28.8 Å². The number of benzene rings is 3. The van der Waals surface area contributed by atoms with Crippen molar-refractivity contribution in [1.82, 2.24) is 4.57 Å². The highest BCUT2D eigenvalue weighted by Crippen LogP contribution is 2.41. The number of thiazole rings is 1. The molecule has 0 N–H and O–H groups in total. The molecule has 0 spiro atoms. The molecule has 6 nitrogen and oxygen atoms in total. The van der Waals surface area contributed by atoms with Gasteiger partial charge in [0.1, 0.15) is 0 Å². The summed E-state index contributed by atoms with van der Waals surface area (Å²) in [5, 5.41) is 12.1. The lowest BCUT2D eigenvalue weighted by Gasteiger charge is -2.30. The van der Waals surface area contributed by atoms with Gasteiger partial charge < -0.3 is 0 Å². The molecule has 1 aliphatic carbocycles. The third-order valence-corrected chi connectivity index (χ3v) is 7.79. The van der Waals surface area contributed by atoms with Gasteiger partial charge in [-0.3, -0.25) is 19.5 Å². The fourth-order valence-corrected chi connectivity index (χ4v) is 6.05. The molecule has 3 aromatic carbocycles. The molecule has 1 atom stereocenters. The number of halogens is 1. The average Bonchev–Trinajstić information content (AvgIpc) is 3.18. The van der Waals surface area contributed by atoms with Gasteiger partial charge in [0.2, 0.25) is 0 Å². The van der Waals surface area contributed by atoms with Crippen LogP contribution in [0.3, 0.4) is 0 Å². The van der Waals surface area contributed by atoms with Gasteiger partial charge in [0.05, 0.1) is 21.2 Å². The second-order valence-electron chi connectivity index (χ2n) is 8.49. The zero-order valence-corrected chi connectivity index (χ0v) is 19.9. The molecule has 1 aromatic heterocycles. The van der Waals surface area contributed by atoms with Gasteiger partial charge in [-0.25, -0.2) is 4.99 Å². The molecule has 0 saturated heterocycles. The van der Waals surface area contributed by atoms with Gasteiger partial charge in [-0.15, -0.1) is 0 Å². The Kier molecular flexibility index (Phi) is 5.24. The van der Waals surface area contributed by atoms with E-state index in [1.807, 2.05) is 36.4 Å². The molecule has 1 aliphatic heterocycles. The van der Waals surface area contributed by atoms with Crippen molar-refractivity contribution in [2.45, 2.75) is 18.9 Å². The van der Waals surface area contributed by atoms with Crippen LogP contribution in [-0.2, 0) is 6.42 Å². The molecule has 8 heteroatoms. The van der Waals surface area contributed by atoms with Crippen LogP contribution in [0.4, 0.5) is 5.69 Å². The van der Waals surface area contributed by atoms with Gasteiger partial charge in [-0.1, -0.05) is 77.5 Å². The summed E-state index contributed by atoms with van der Waals surface area (Å²) in [6.45, 7) is 0. The van der Waals surface area contributed by atoms with Crippen molar-refractivity contribution >= 4 is 40.4 Å². The maximum absolute atomic E-state index is 13.7. The standard InChI is InChI=1S/C27H18ClN3O3S/c28-22-11-4-2-7-17(22)15-23-26(32)30-25(18-8-5-9-19(14-18)31(33)34)21-13-12-16-6-1-3-10-20(16)24(21)29-27(30)35-23/h1-11,14-15,25H,12-13H2. The number of fused-ring (bicyclic) bond motifs is 3. The molecule has 0 fully saturated rings. The van der Waals surface area contributed by atoms with Gasteiger partial charge in [0.15, 0.2) is 4.80 Å². The van der Waals surface area contributed by atoms with E-state index < -0.39 is 11.0 Å². The van der Waals surface area contributed by atoms with E-state index in [-0.39, 0.29) is 11.2 Å². The van der Waals surface area contributed by atoms with Crippen LogP contribution in [-0.4, -0.2) is 9.49 Å². The van der Waals surface area contributed by atoms with Gasteiger partial charge in [-0.05, 0) is 47.2 Å². The smallest absolute Gasteiger partial charge is 0.271 e. The van der Waals surface area contributed by atoms with Crippen molar-refractivity contribution in [3.63, 3.8) is 0 Å². The summed E-state index contributed by atoms with van der Waals surface area (Å²) in [7, 11) is 0. The first kappa shape index (κ1) is 21.7. The van der Waals surface area contributed by atoms with Crippen LogP contribution in [0.25, 0.3) is 11.8 Å². The van der Waals surface area contributed by atoms with E-state index in [1.54, 1.807) is 28.8 Å². The second kappa shape index (κ2) is 8.45. The van der Waals surface area contributed by atoms with E-state index >= 15 is 0 Å². The van der Waals surface area contributed by atoms with E-state index in [0.29, 0.717) is 26.3 Å². The predicted octanol–water partition coefficient (Wildman–Crippen LogP) is 4.88. The molecule has 1 unspecified atom stereocenters. The summed E-state index contributed by atoms with van der Waals surface area (Å²) in [5.41, 5.74) is 5.38. The fourth-order valence-electron chi connectivity index (χ4n) is 4.86.